The summed E-state index contributed by atoms with van der Waals surface area (Å²) in [4.78, 5) is 0. The number of benzene rings is 2. The molecule has 0 fully saturated rings. The maximum Gasteiger partial charge on any atom is 0.113 e. The summed E-state index contributed by atoms with van der Waals surface area (Å²) in [5.41, 5.74) is 3.07. The van der Waals surface area contributed by atoms with Crippen LogP contribution in [0.5, 0.6) is 0 Å². The maximum atomic E-state index is 2.33. The van der Waals surface area contributed by atoms with E-state index in [0.717, 1.165) is 0 Å². The Morgan fingerprint density at radius 1 is 0.947 bits per heavy atom. The fraction of sp³-hybridized carbons (Fsp3) is 0.375. The number of thioether (sulfide) groups is 3. The molecule has 0 nitrogen and oxygen atoms in total. The normalized spacial score (nSPS) is 18.2. The number of hydrogen-bond donors (Lipinski definition) is 0. The summed E-state index contributed by atoms with van der Waals surface area (Å²) in [7, 11) is 0. The Balaban J connectivity index is 2.18. The molecule has 0 amide bonds. The molecule has 0 spiro atoms. The van der Waals surface area contributed by atoms with E-state index in [2.05, 4.69) is 55.2 Å². The molecule has 0 heterocycles. The second kappa shape index (κ2) is 5.27. The van der Waals surface area contributed by atoms with Crippen molar-refractivity contribution in [3.05, 3.63) is 47.5 Å². The molecule has 0 bridgehead atoms. The zero-order valence-corrected chi connectivity index (χ0v) is 13.9. The van der Waals surface area contributed by atoms with E-state index in [1.165, 1.54) is 22.8 Å². The average Bonchev–Trinajstić information content (AvgIpc) is 2.84. The lowest BCUT2D eigenvalue weighted by molar-refractivity contribution is 0.756. The van der Waals surface area contributed by atoms with Gasteiger partial charge in [-0.1, -0.05) is 36.4 Å². The highest BCUT2D eigenvalue weighted by atomic mass is 32.3. The van der Waals surface area contributed by atoms with E-state index in [1.807, 2.05) is 35.3 Å². The van der Waals surface area contributed by atoms with E-state index in [9.17, 15) is 0 Å². The van der Waals surface area contributed by atoms with Gasteiger partial charge in [0.2, 0.25) is 0 Å². The second-order valence-electron chi connectivity index (χ2n) is 4.84. The summed E-state index contributed by atoms with van der Waals surface area (Å²) in [6, 6.07) is 13.5. The lowest BCUT2D eigenvalue weighted by Gasteiger charge is -2.35. The Morgan fingerprint density at radius 3 is 2.21 bits per heavy atom. The summed E-state index contributed by atoms with van der Waals surface area (Å²) < 4.78 is 0.229. The predicted molar refractivity (Wildman–Crippen MR) is 93.7 cm³/mol. The van der Waals surface area contributed by atoms with Crippen molar-refractivity contribution in [1.82, 2.24) is 0 Å². The lowest BCUT2D eigenvalue weighted by atomic mass is 10.0. The largest absolute Gasteiger partial charge is 0.136 e. The minimum atomic E-state index is 0.229. The minimum absolute atomic E-state index is 0.229. The molecule has 3 rings (SSSR count). The highest BCUT2D eigenvalue weighted by molar-refractivity contribution is 8.33. The van der Waals surface area contributed by atoms with Crippen molar-refractivity contribution in [3.63, 3.8) is 0 Å². The summed E-state index contributed by atoms with van der Waals surface area (Å²) in [6.07, 6.45) is 7.92. The van der Waals surface area contributed by atoms with Gasteiger partial charge in [-0.3, -0.25) is 0 Å². The topological polar surface area (TPSA) is 0 Å². The van der Waals surface area contributed by atoms with Crippen molar-refractivity contribution in [1.29, 1.82) is 0 Å². The molecule has 2 aromatic rings. The third-order valence-electron chi connectivity index (χ3n) is 4.10. The summed E-state index contributed by atoms with van der Waals surface area (Å²) >= 11 is 5.99. The van der Waals surface area contributed by atoms with Gasteiger partial charge in [0.1, 0.15) is 3.41 Å². The van der Waals surface area contributed by atoms with E-state index >= 15 is 0 Å². The predicted octanol–water partition coefficient (Wildman–Crippen LogP) is 5.22. The van der Waals surface area contributed by atoms with Crippen molar-refractivity contribution in [3.8, 4) is 0 Å². The summed E-state index contributed by atoms with van der Waals surface area (Å²) in [5, 5.41) is 2.91. The van der Waals surface area contributed by atoms with Crippen molar-refractivity contribution in [2.75, 3.05) is 18.8 Å². The molecule has 0 aromatic heterocycles. The quantitative estimate of drug-likeness (QED) is 0.711. The van der Waals surface area contributed by atoms with Crippen LogP contribution < -0.4 is 0 Å². The van der Waals surface area contributed by atoms with Crippen LogP contribution in [-0.4, -0.2) is 22.2 Å². The third kappa shape index (κ3) is 2.01. The highest BCUT2D eigenvalue weighted by Crippen LogP contribution is 2.57. The van der Waals surface area contributed by atoms with Crippen molar-refractivity contribution in [2.24, 2.45) is 0 Å². The van der Waals surface area contributed by atoms with Crippen LogP contribution in [0.1, 0.15) is 17.0 Å². The van der Waals surface area contributed by atoms with Gasteiger partial charge in [-0.05, 0) is 47.1 Å². The molecule has 100 valence electrons. The van der Waals surface area contributed by atoms with Gasteiger partial charge >= 0.3 is 0 Å². The molecule has 0 N–H and O–H groups in total. The van der Waals surface area contributed by atoms with Gasteiger partial charge in [0.25, 0.3) is 0 Å². The standard InChI is InChI=1S/C16H18S3/c1-17-16(18-2,19-3)14-10-12-8-4-6-11-7-5-9-13(14)15(11)12/h4-9,14H,10H2,1-3H3. The van der Waals surface area contributed by atoms with Crippen LogP contribution in [0.15, 0.2) is 36.4 Å². The first-order chi connectivity index (χ1) is 9.25. The van der Waals surface area contributed by atoms with Crippen LogP contribution in [0.4, 0.5) is 0 Å². The molecule has 0 saturated carbocycles. The van der Waals surface area contributed by atoms with Gasteiger partial charge in [-0.15, -0.1) is 35.3 Å². The summed E-state index contributed by atoms with van der Waals surface area (Å²) in [6.45, 7) is 0. The molecule has 2 aromatic carbocycles. The fourth-order valence-electron chi connectivity index (χ4n) is 3.23. The smallest absolute Gasteiger partial charge is 0.113 e. The molecular weight excluding hydrogens is 288 g/mol. The molecule has 0 saturated heterocycles. The van der Waals surface area contributed by atoms with E-state index < -0.39 is 0 Å². The molecule has 1 aliphatic rings. The van der Waals surface area contributed by atoms with Gasteiger partial charge in [0.15, 0.2) is 0 Å². The van der Waals surface area contributed by atoms with Crippen molar-refractivity contribution >= 4 is 46.1 Å². The Morgan fingerprint density at radius 2 is 1.58 bits per heavy atom. The van der Waals surface area contributed by atoms with Gasteiger partial charge in [-0.2, -0.15) is 0 Å². The minimum Gasteiger partial charge on any atom is -0.136 e. The first-order valence-corrected chi connectivity index (χ1v) is 10.1. The Kier molecular flexibility index (Phi) is 3.80. The Bertz CT molecular complexity index is 588. The van der Waals surface area contributed by atoms with Gasteiger partial charge < -0.3 is 0 Å². The first-order valence-electron chi connectivity index (χ1n) is 6.41. The van der Waals surface area contributed by atoms with Crippen LogP contribution in [0.3, 0.4) is 0 Å². The van der Waals surface area contributed by atoms with E-state index in [1.54, 1.807) is 5.56 Å². The molecule has 19 heavy (non-hydrogen) atoms. The fourth-order valence-corrected chi connectivity index (χ4v) is 6.72. The molecule has 0 radical (unpaired) electrons. The zero-order valence-electron chi connectivity index (χ0n) is 11.5. The van der Waals surface area contributed by atoms with Gasteiger partial charge in [-0.25, -0.2) is 0 Å². The SMILES string of the molecule is CSC(SC)(SC)C1Cc2cccc3cccc1c23. The monoisotopic (exact) mass is 306 g/mol. The number of rotatable bonds is 4. The Hall–Kier alpha value is -0.250. The molecular formula is C16H18S3. The molecule has 1 unspecified atom stereocenters. The van der Waals surface area contributed by atoms with Crippen molar-refractivity contribution in [2.45, 2.75) is 15.7 Å². The summed E-state index contributed by atoms with van der Waals surface area (Å²) in [5.74, 6) is 0.605. The number of hydrogen-bond acceptors (Lipinski definition) is 3. The lowest BCUT2D eigenvalue weighted by Crippen LogP contribution is -2.24. The third-order valence-corrected chi connectivity index (χ3v) is 9.66. The van der Waals surface area contributed by atoms with Crippen LogP contribution in [0.25, 0.3) is 10.8 Å². The van der Waals surface area contributed by atoms with Crippen LogP contribution >= 0.6 is 35.3 Å². The van der Waals surface area contributed by atoms with Gasteiger partial charge in [0, 0.05) is 5.92 Å². The average molecular weight is 307 g/mol. The first kappa shape index (κ1) is 13.7. The van der Waals surface area contributed by atoms with E-state index in [-0.39, 0.29) is 3.41 Å². The van der Waals surface area contributed by atoms with E-state index in [4.69, 9.17) is 0 Å². The van der Waals surface area contributed by atoms with Crippen molar-refractivity contribution < 1.29 is 0 Å². The molecule has 1 aliphatic carbocycles. The zero-order chi connectivity index (χ0) is 13.5. The molecule has 0 aliphatic heterocycles. The Labute approximate surface area is 128 Å². The van der Waals surface area contributed by atoms with E-state index in [0.29, 0.717) is 5.92 Å². The maximum absolute atomic E-state index is 2.33. The highest BCUT2D eigenvalue weighted by Gasteiger charge is 2.41. The van der Waals surface area contributed by atoms with Crippen LogP contribution in [0, 0.1) is 0 Å². The van der Waals surface area contributed by atoms with Crippen LogP contribution in [-0.2, 0) is 6.42 Å². The van der Waals surface area contributed by atoms with Gasteiger partial charge in [0.05, 0.1) is 0 Å². The molecule has 1 atom stereocenters. The second-order valence-corrected chi connectivity index (χ2v) is 8.77. The molecule has 3 heteroatoms. The van der Waals surface area contributed by atoms with Crippen LogP contribution in [0.2, 0.25) is 0 Å².